The van der Waals surface area contributed by atoms with Gasteiger partial charge in [0.15, 0.2) is 0 Å². The standard InChI is InChI=1S/C14H16ClNO3/c1-9(2)7-10(8-17)16-14(19)13(18)11-5-3-4-6-12(11)15/h3-6,8-10H,7H2,1-2H3,(H,16,19)/t10-/m0/s1. The van der Waals surface area contributed by atoms with Crippen molar-refractivity contribution in [2.75, 3.05) is 0 Å². The Morgan fingerprint density at radius 2 is 1.95 bits per heavy atom. The molecule has 1 aromatic carbocycles. The van der Waals surface area contributed by atoms with Crippen molar-refractivity contribution in [2.24, 2.45) is 5.92 Å². The summed E-state index contributed by atoms with van der Waals surface area (Å²) < 4.78 is 0. The van der Waals surface area contributed by atoms with Crippen LogP contribution in [0.3, 0.4) is 0 Å². The number of hydrogen-bond donors (Lipinski definition) is 1. The number of aldehydes is 1. The highest BCUT2D eigenvalue weighted by Gasteiger charge is 2.21. The fourth-order valence-electron chi connectivity index (χ4n) is 1.66. The van der Waals surface area contributed by atoms with E-state index in [-0.39, 0.29) is 16.5 Å². The molecular weight excluding hydrogens is 266 g/mol. The minimum atomic E-state index is -0.814. The largest absolute Gasteiger partial charge is 0.340 e. The molecule has 5 heteroatoms. The number of Topliss-reactive ketones (excluding diaryl/α,β-unsaturated/α-hetero) is 1. The minimum Gasteiger partial charge on any atom is -0.340 e. The Balaban J connectivity index is 2.75. The zero-order valence-corrected chi connectivity index (χ0v) is 11.6. The Hall–Kier alpha value is -1.68. The van der Waals surface area contributed by atoms with Gasteiger partial charge in [-0.2, -0.15) is 0 Å². The smallest absolute Gasteiger partial charge is 0.293 e. The second-order valence-electron chi connectivity index (χ2n) is 4.65. The molecule has 0 fully saturated rings. The highest BCUT2D eigenvalue weighted by Crippen LogP contribution is 2.15. The van der Waals surface area contributed by atoms with E-state index < -0.39 is 17.7 Å². The molecule has 0 aliphatic rings. The highest BCUT2D eigenvalue weighted by molar-refractivity contribution is 6.47. The Bertz CT molecular complexity index is 485. The molecule has 0 spiro atoms. The summed E-state index contributed by atoms with van der Waals surface area (Å²) in [6.45, 7) is 3.86. The highest BCUT2D eigenvalue weighted by atomic mass is 35.5. The molecular formula is C14H16ClNO3. The molecule has 1 N–H and O–H groups in total. The van der Waals surface area contributed by atoms with Crippen molar-refractivity contribution < 1.29 is 14.4 Å². The van der Waals surface area contributed by atoms with Crippen molar-refractivity contribution in [1.82, 2.24) is 5.32 Å². The van der Waals surface area contributed by atoms with Crippen molar-refractivity contribution in [1.29, 1.82) is 0 Å². The molecule has 1 amide bonds. The molecule has 1 aromatic rings. The number of amides is 1. The molecule has 0 saturated carbocycles. The first kappa shape index (κ1) is 15.4. The zero-order valence-electron chi connectivity index (χ0n) is 10.9. The van der Waals surface area contributed by atoms with E-state index in [0.29, 0.717) is 12.7 Å². The van der Waals surface area contributed by atoms with Gasteiger partial charge in [-0.25, -0.2) is 0 Å². The lowest BCUT2D eigenvalue weighted by atomic mass is 10.0. The van der Waals surface area contributed by atoms with Crippen LogP contribution in [0.15, 0.2) is 24.3 Å². The molecule has 0 heterocycles. The summed E-state index contributed by atoms with van der Waals surface area (Å²) in [6, 6.07) is 5.65. The third kappa shape index (κ3) is 4.48. The Kier molecular flexibility index (Phi) is 5.70. The fraction of sp³-hybridized carbons (Fsp3) is 0.357. The molecule has 1 atom stereocenters. The van der Waals surface area contributed by atoms with E-state index in [1.807, 2.05) is 13.8 Å². The van der Waals surface area contributed by atoms with Gasteiger partial charge in [-0.15, -0.1) is 0 Å². The molecule has 0 unspecified atom stereocenters. The van der Waals surface area contributed by atoms with E-state index in [4.69, 9.17) is 11.6 Å². The van der Waals surface area contributed by atoms with Crippen molar-refractivity contribution in [3.05, 3.63) is 34.9 Å². The quantitative estimate of drug-likeness (QED) is 0.494. The maximum absolute atomic E-state index is 11.9. The van der Waals surface area contributed by atoms with E-state index in [2.05, 4.69) is 5.32 Å². The zero-order chi connectivity index (χ0) is 14.4. The van der Waals surface area contributed by atoms with Crippen LogP contribution in [0.4, 0.5) is 0 Å². The number of nitrogens with one attached hydrogen (secondary N) is 1. The van der Waals surface area contributed by atoms with Crippen LogP contribution in [0.1, 0.15) is 30.6 Å². The van der Waals surface area contributed by atoms with Crippen molar-refractivity contribution in [3.8, 4) is 0 Å². The monoisotopic (exact) mass is 281 g/mol. The number of benzene rings is 1. The summed E-state index contributed by atoms with van der Waals surface area (Å²) >= 11 is 5.85. The normalized spacial score (nSPS) is 12.0. The number of rotatable bonds is 6. The first-order chi connectivity index (χ1) is 8.95. The summed E-state index contributed by atoms with van der Waals surface area (Å²) in [7, 11) is 0. The summed E-state index contributed by atoms with van der Waals surface area (Å²) in [4.78, 5) is 34.5. The van der Waals surface area contributed by atoms with Gasteiger partial charge in [0.05, 0.1) is 11.1 Å². The summed E-state index contributed by atoms with van der Waals surface area (Å²) in [5.74, 6) is -1.31. The molecule has 102 valence electrons. The van der Waals surface area contributed by atoms with Gasteiger partial charge < -0.3 is 10.1 Å². The van der Waals surface area contributed by atoms with Crippen LogP contribution in [0.25, 0.3) is 0 Å². The lowest BCUT2D eigenvalue weighted by Crippen LogP contribution is -2.41. The van der Waals surface area contributed by atoms with Crippen LogP contribution in [-0.2, 0) is 9.59 Å². The Labute approximate surface area is 117 Å². The van der Waals surface area contributed by atoms with E-state index >= 15 is 0 Å². The molecule has 0 aliphatic carbocycles. The van der Waals surface area contributed by atoms with Crippen LogP contribution in [-0.4, -0.2) is 24.0 Å². The molecule has 0 saturated heterocycles. The third-order valence-electron chi connectivity index (χ3n) is 2.53. The van der Waals surface area contributed by atoms with Gasteiger partial charge in [-0.1, -0.05) is 37.6 Å². The second-order valence-corrected chi connectivity index (χ2v) is 5.06. The summed E-state index contributed by atoms with van der Waals surface area (Å²) in [6.07, 6.45) is 1.13. The van der Waals surface area contributed by atoms with Crippen LogP contribution >= 0.6 is 11.6 Å². The average molecular weight is 282 g/mol. The number of carbonyl (C=O) groups is 3. The van der Waals surface area contributed by atoms with Crippen molar-refractivity contribution in [3.63, 3.8) is 0 Å². The van der Waals surface area contributed by atoms with E-state index in [9.17, 15) is 14.4 Å². The molecule has 1 rings (SSSR count). The van der Waals surface area contributed by atoms with Crippen LogP contribution in [0.5, 0.6) is 0 Å². The molecule has 19 heavy (non-hydrogen) atoms. The van der Waals surface area contributed by atoms with Gasteiger partial charge in [0, 0.05) is 5.56 Å². The van der Waals surface area contributed by atoms with Crippen molar-refractivity contribution >= 4 is 29.6 Å². The summed E-state index contributed by atoms with van der Waals surface area (Å²) in [5.41, 5.74) is 0.135. The van der Waals surface area contributed by atoms with E-state index in [1.165, 1.54) is 12.1 Å². The van der Waals surface area contributed by atoms with Gasteiger partial charge in [0.25, 0.3) is 11.7 Å². The average Bonchev–Trinajstić information content (AvgIpc) is 2.37. The van der Waals surface area contributed by atoms with Gasteiger partial charge in [0.1, 0.15) is 6.29 Å². The van der Waals surface area contributed by atoms with Crippen LogP contribution in [0, 0.1) is 5.92 Å². The van der Waals surface area contributed by atoms with Gasteiger partial charge in [-0.05, 0) is 24.5 Å². The van der Waals surface area contributed by atoms with Gasteiger partial charge in [-0.3, -0.25) is 9.59 Å². The molecule has 0 aliphatic heterocycles. The van der Waals surface area contributed by atoms with Crippen molar-refractivity contribution in [2.45, 2.75) is 26.3 Å². The summed E-state index contributed by atoms with van der Waals surface area (Å²) in [5, 5.41) is 2.63. The lowest BCUT2D eigenvalue weighted by Gasteiger charge is -2.14. The Morgan fingerprint density at radius 1 is 1.32 bits per heavy atom. The van der Waals surface area contributed by atoms with Crippen LogP contribution in [0.2, 0.25) is 5.02 Å². The molecule has 0 aromatic heterocycles. The molecule has 4 nitrogen and oxygen atoms in total. The molecule has 0 radical (unpaired) electrons. The minimum absolute atomic E-state index is 0.135. The number of ketones is 1. The number of hydrogen-bond acceptors (Lipinski definition) is 3. The SMILES string of the molecule is CC(C)C[C@@H](C=O)NC(=O)C(=O)c1ccccc1Cl. The van der Waals surface area contributed by atoms with Gasteiger partial charge in [0.2, 0.25) is 0 Å². The van der Waals surface area contributed by atoms with Crippen LogP contribution < -0.4 is 5.32 Å². The maximum Gasteiger partial charge on any atom is 0.293 e. The number of carbonyl (C=O) groups excluding carboxylic acids is 3. The lowest BCUT2D eigenvalue weighted by molar-refractivity contribution is -0.120. The first-order valence-corrected chi connectivity index (χ1v) is 6.38. The first-order valence-electron chi connectivity index (χ1n) is 6.00. The predicted octanol–water partition coefficient (Wildman–Crippen LogP) is 2.25. The topological polar surface area (TPSA) is 63.2 Å². The van der Waals surface area contributed by atoms with E-state index in [0.717, 1.165) is 0 Å². The predicted molar refractivity (Wildman–Crippen MR) is 73.2 cm³/mol. The maximum atomic E-state index is 11.9. The number of halogens is 1. The third-order valence-corrected chi connectivity index (χ3v) is 2.86. The molecule has 0 bridgehead atoms. The van der Waals surface area contributed by atoms with E-state index in [1.54, 1.807) is 12.1 Å². The second kappa shape index (κ2) is 7.04. The Morgan fingerprint density at radius 3 is 2.47 bits per heavy atom. The fourth-order valence-corrected chi connectivity index (χ4v) is 1.88. The van der Waals surface area contributed by atoms with Gasteiger partial charge >= 0.3 is 0 Å².